The summed E-state index contributed by atoms with van der Waals surface area (Å²) in [5.74, 6) is -1.29. The summed E-state index contributed by atoms with van der Waals surface area (Å²) in [6, 6.07) is 22.5. The summed E-state index contributed by atoms with van der Waals surface area (Å²) < 4.78 is 9.97. The van der Waals surface area contributed by atoms with E-state index in [-0.39, 0.29) is 41.7 Å². The number of hydrogen-bond donors (Lipinski definition) is 2. The second-order valence-electron chi connectivity index (χ2n) is 15.3. The molecule has 4 amide bonds. The number of nitrogens with zero attached hydrogens (tertiary/aromatic N) is 2. The number of esters is 2. The van der Waals surface area contributed by atoms with Gasteiger partial charge in [-0.2, -0.15) is 0 Å². The first kappa shape index (κ1) is 42.1. The van der Waals surface area contributed by atoms with Crippen LogP contribution in [0, 0.1) is 5.92 Å². The summed E-state index contributed by atoms with van der Waals surface area (Å²) in [7, 11) is 1.37. The van der Waals surface area contributed by atoms with Gasteiger partial charge in [-0.15, -0.1) is 11.3 Å². The summed E-state index contributed by atoms with van der Waals surface area (Å²) in [6.07, 6.45) is 7.50. The zero-order chi connectivity index (χ0) is 41.2. The first-order valence-corrected chi connectivity index (χ1v) is 21.2. The fourth-order valence-electron chi connectivity index (χ4n) is 7.67. The van der Waals surface area contributed by atoms with Crippen molar-refractivity contribution >= 4 is 51.8 Å². The predicted octanol–water partition coefficient (Wildman–Crippen LogP) is 8.70. The molecule has 0 atom stereocenters. The van der Waals surface area contributed by atoms with Crippen molar-refractivity contribution in [2.24, 2.45) is 5.92 Å². The van der Waals surface area contributed by atoms with Gasteiger partial charge in [0.2, 0.25) is 0 Å². The first-order valence-electron chi connectivity index (χ1n) is 20.4. The second-order valence-corrected chi connectivity index (χ2v) is 16.4. The highest BCUT2D eigenvalue weighted by molar-refractivity contribution is 7.17. The van der Waals surface area contributed by atoms with Crippen molar-refractivity contribution in [2.45, 2.75) is 91.1 Å². The van der Waals surface area contributed by atoms with Crippen LogP contribution in [-0.4, -0.2) is 72.4 Å². The Kier molecular flexibility index (Phi) is 14.4. The Labute approximate surface area is 345 Å². The average Bonchev–Trinajstić information content (AvgIpc) is 3.61. The van der Waals surface area contributed by atoms with Gasteiger partial charge in [0, 0.05) is 41.8 Å². The molecular formula is C46H54N4O7S. The summed E-state index contributed by atoms with van der Waals surface area (Å²) in [6.45, 7) is 7.37. The third-order valence-electron chi connectivity index (χ3n) is 10.9. The Hall–Kier alpha value is -5.49. The number of urea groups is 1. The number of thiophene rings is 1. The molecule has 6 rings (SSSR count). The molecule has 3 aromatic carbocycles. The number of benzene rings is 3. The molecule has 0 unspecified atom stereocenters. The van der Waals surface area contributed by atoms with Crippen LogP contribution in [-0.2, 0) is 46.5 Å². The van der Waals surface area contributed by atoms with E-state index in [2.05, 4.69) is 10.6 Å². The summed E-state index contributed by atoms with van der Waals surface area (Å²) in [5, 5.41) is 6.70. The highest BCUT2D eigenvalue weighted by Gasteiger charge is 2.32. The van der Waals surface area contributed by atoms with Gasteiger partial charge in [0.1, 0.15) is 5.00 Å². The fourth-order valence-corrected chi connectivity index (χ4v) is 8.95. The van der Waals surface area contributed by atoms with Gasteiger partial charge in [0.15, 0.2) is 0 Å². The summed E-state index contributed by atoms with van der Waals surface area (Å²) >= 11 is 1.48. The van der Waals surface area contributed by atoms with E-state index in [4.69, 9.17) is 9.47 Å². The van der Waals surface area contributed by atoms with Crippen LogP contribution < -0.4 is 10.6 Å². The molecule has 0 saturated carbocycles. The van der Waals surface area contributed by atoms with Crippen LogP contribution in [0.15, 0.2) is 72.8 Å². The maximum atomic E-state index is 14.0. The van der Waals surface area contributed by atoms with Crippen LogP contribution >= 0.6 is 11.3 Å². The first-order chi connectivity index (χ1) is 28.0. The molecule has 11 nitrogen and oxygen atoms in total. The number of rotatable bonds is 14. The Morgan fingerprint density at radius 3 is 2.16 bits per heavy atom. The van der Waals surface area contributed by atoms with Gasteiger partial charge in [-0.1, -0.05) is 36.4 Å². The lowest BCUT2D eigenvalue weighted by Crippen LogP contribution is -2.49. The van der Waals surface area contributed by atoms with Crippen molar-refractivity contribution in [3.8, 4) is 0 Å². The fraction of sp³-hybridized carbons (Fsp3) is 0.413. The topological polar surface area (TPSA) is 134 Å². The molecular weight excluding hydrogens is 753 g/mol. The Morgan fingerprint density at radius 2 is 1.50 bits per heavy atom. The number of methoxy groups -OCH3 is 1. The van der Waals surface area contributed by atoms with E-state index in [1.54, 1.807) is 41.0 Å². The van der Waals surface area contributed by atoms with Crippen LogP contribution in [0.3, 0.4) is 0 Å². The van der Waals surface area contributed by atoms with Crippen LogP contribution in [0.25, 0.3) is 0 Å². The lowest BCUT2D eigenvalue weighted by Gasteiger charge is -2.37. The second kappa shape index (κ2) is 19.8. The van der Waals surface area contributed by atoms with Crippen molar-refractivity contribution in [3.05, 3.63) is 117 Å². The van der Waals surface area contributed by atoms with Gasteiger partial charge in [0.05, 0.1) is 30.8 Å². The monoisotopic (exact) mass is 806 g/mol. The number of ether oxygens (including phenoxy) is 2. The number of nitrogens with one attached hydrogen (secondary N) is 2. The molecule has 1 aromatic heterocycles. The van der Waals surface area contributed by atoms with E-state index in [0.717, 1.165) is 72.1 Å². The molecule has 1 aliphatic carbocycles. The number of carbonyl (C=O) groups excluding carboxylic acids is 5. The number of likely N-dealkylation sites (tertiary alicyclic amines) is 1. The van der Waals surface area contributed by atoms with E-state index < -0.39 is 0 Å². The Balaban J connectivity index is 1.08. The van der Waals surface area contributed by atoms with E-state index in [9.17, 15) is 24.0 Å². The van der Waals surface area contributed by atoms with Gasteiger partial charge in [-0.05, 0) is 137 Å². The Bertz CT molecular complexity index is 2090. The van der Waals surface area contributed by atoms with Gasteiger partial charge in [0.25, 0.3) is 11.8 Å². The van der Waals surface area contributed by atoms with Crippen molar-refractivity contribution in [1.82, 2.24) is 9.80 Å². The molecule has 58 heavy (non-hydrogen) atoms. The van der Waals surface area contributed by atoms with Crippen molar-refractivity contribution < 1.29 is 33.4 Å². The smallest absolute Gasteiger partial charge is 0.337 e. The largest absolute Gasteiger partial charge is 0.466 e. The number of amides is 4. The highest BCUT2D eigenvalue weighted by Crippen LogP contribution is 2.39. The van der Waals surface area contributed by atoms with Crippen LogP contribution in [0.4, 0.5) is 15.5 Å². The van der Waals surface area contributed by atoms with Gasteiger partial charge in [-0.25, -0.2) is 9.59 Å². The summed E-state index contributed by atoms with van der Waals surface area (Å²) in [5.41, 5.74) is 6.31. The average molecular weight is 807 g/mol. The van der Waals surface area contributed by atoms with Gasteiger partial charge < -0.3 is 29.9 Å². The standard InChI is InChI=1S/C46H54N4O7S/c1-5-57-45(54)35-24-26-49(27-25-35)46(55)50(30(2)3)29-33-12-9-13-36(28-33)41(51)48-43-40(38-14-6-7-15-39(38)58-43)42(52)47-37-22-18-32(19-23-37)11-8-10-31-16-20-34(21-17-31)44(53)56-4/h9,12-13,16-23,28,30,35H,5-8,10-11,14-15,24-27,29H2,1-4H3,(H,47,52)(H,48,51). The highest BCUT2D eigenvalue weighted by atomic mass is 32.1. The molecule has 12 heteroatoms. The molecule has 2 N–H and O–H groups in total. The summed E-state index contributed by atoms with van der Waals surface area (Å²) in [4.78, 5) is 70.1. The number of anilines is 2. The molecule has 2 aliphatic rings. The van der Waals surface area contributed by atoms with Crippen LogP contribution in [0.2, 0.25) is 0 Å². The lowest BCUT2D eigenvalue weighted by atomic mass is 9.95. The molecule has 4 aromatic rings. The van der Waals surface area contributed by atoms with Gasteiger partial charge >= 0.3 is 18.0 Å². The van der Waals surface area contributed by atoms with Crippen LogP contribution in [0.5, 0.6) is 0 Å². The van der Waals surface area contributed by atoms with Gasteiger partial charge in [-0.3, -0.25) is 14.4 Å². The molecule has 0 bridgehead atoms. The minimum Gasteiger partial charge on any atom is -0.466 e. The zero-order valence-electron chi connectivity index (χ0n) is 33.9. The van der Waals surface area contributed by atoms with Crippen molar-refractivity contribution in [3.63, 3.8) is 0 Å². The van der Waals surface area contributed by atoms with E-state index in [0.29, 0.717) is 66.5 Å². The predicted molar refractivity (Wildman–Crippen MR) is 227 cm³/mol. The number of piperidine rings is 1. The quantitative estimate of drug-likeness (QED) is 0.122. The maximum absolute atomic E-state index is 14.0. The molecule has 0 spiro atoms. The number of hydrogen-bond acceptors (Lipinski definition) is 8. The zero-order valence-corrected chi connectivity index (χ0v) is 34.8. The molecule has 0 radical (unpaired) electrons. The molecule has 1 fully saturated rings. The normalized spacial score (nSPS) is 14.1. The maximum Gasteiger partial charge on any atom is 0.337 e. The molecule has 306 valence electrons. The molecule has 1 saturated heterocycles. The molecule has 2 heterocycles. The van der Waals surface area contributed by atoms with E-state index in [1.807, 2.05) is 62.4 Å². The van der Waals surface area contributed by atoms with Crippen molar-refractivity contribution in [2.75, 3.05) is 37.4 Å². The van der Waals surface area contributed by atoms with E-state index >= 15 is 0 Å². The number of carbonyl (C=O) groups is 5. The third-order valence-corrected chi connectivity index (χ3v) is 12.1. The lowest BCUT2D eigenvalue weighted by molar-refractivity contribution is -0.149. The Morgan fingerprint density at radius 1 is 0.828 bits per heavy atom. The van der Waals surface area contributed by atoms with E-state index in [1.165, 1.54) is 18.4 Å². The van der Waals surface area contributed by atoms with Crippen LogP contribution in [0.1, 0.15) is 111 Å². The minimum atomic E-state index is -0.344. The number of aryl methyl sites for hydroxylation is 3. The minimum absolute atomic E-state index is 0.0902. The number of fused-ring (bicyclic) bond motifs is 1. The third kappa shape index (κ3) is 10.5. The molecule has 1 aliphatic heterocycles. The SMILES string of the molecule is CCOC(=O)C1CCN(C(=O)N(Cc2cccc(C(=O)Nc3sc4c(c3C(=O)Nc3ccc(CCCc5ccc(C(=O)OC)cc5)cc3)CCCC4)c2)C(C)C)CC1. The van der Waals surface area contributed by atoms with Crippen molar-refractivity contribution in [1.29, 1.82) is 0 Å².